The van der Waals surface area contributed by atoms with Crippen LogP contribution in [0.4, 0.5) is 0 Å². The summed E-state index contributed by atoms with van der Waals surface area (Å²) in [5.74, 6) is 0.875. The quantitative estimate of drug-likeness (QED) is 0.829. The fourth-order valence-corrected chi connectivity index (χ4v) is 1.63. The van der Waals surface area contributed by atoms with Crippen molar-refractivity contribution in [2.45, 2.75) is 13.5 Å². The van der Waals surface area contributed by atoms with Gasteiger partial charge in [-0.2, -0.15) is 0 Å². The van der Waals surface area contributed by atoms with Crippen LogP contribution in [0.15, 0.2) is 36.4 Å². The summed E-state index contributed by atoms with van der Waals surface area (Å²) < 4.78 is 5.42. The van der Waals surface area contributed by atoms with Crippen LogP contribution in [0.1, 0.15) is 12.5 Å². The average molecular weight is 202 g/mol. The lowest BCUT2D eigenvalue weighted by Crippen LogP contribution is -1.91. The summed E-state index contributed by atoms with van der Waals surface area (Å²) in [5, 5.41) is 11.3. The van der Waals surface area contributed by atoms with Crippen LogP contribution >= 0.6 is 0 Å². The van der Waals surface area contributed by atoms with E-state index in [2.05, 4.69) is 0 Å². The van der Waals surface area contributed by atoms with Crippen molar-refractivity contribution in [2.24, 2.45) is 0 Å². The van der Waals surface area contributed by atoms with E-state index in [1.165, 1.54) is 0 Å². The Hall–Kier alpha value is -1.54. The lowest BCUT2D eigenvalue weighted by Gasteiger charge is -2.05. The van der Waals surface area contributed by atoms with Crippen molar-refractivity contribution >= 4 is 10.8 Å². The Kier molecular flexibility index (Phi) is 2.88. The van der Waals surface area contributed by atoms with Crippen LogP contribution < -0.4 is 4.74 Å². The molecule has 0 aliphatic rings. The molecular formula is C13H14O2. The number of hydrogen-bond donors (Lipinski definition) is 1. The van der Waals surface area contributed by atoms with E-state index in [0.29, 0.717) is 6.61 Å². The number of benzene rings is 2. The van der Waals surface area contributed by atoms with E-state index in [-0.39, 0.29) is 6.61 Å². The molecule has 15 heavy (non-hydrogen) atoms. The molecule has 1 N–H and O–H groups in total. The molecule has 0 spiro atoms. The van der Waals surface area contributed by atoms with Crippen molar-refractivity contribution in [2.75, 3.05) is 6.61 Å². The fourth-order valence-electron chi connectivity index (χ4n) is 1.63. The third kappa shape index (κ3) is 2.10. The Morgan fingerprint density at radius 1 is 1.07 bits per heavy atom. The predicted octanol–water partition coefficient (Wildman–Crippen LogP) is 2.73. The predicted molar refractivity (Wildman–Crippen MR) is 61.0 cm³/mol. The van der Waals surface area contributed by atoms with Crippen molar-refractivity contribution in [3.63, 3.8) is 0 Å². The maximum atomic E-state index is 9.04. The van der Waals surface area contributed by atoms with Gasteiger partial charge in [0.1, 0.15) is 5.75 Å². The molecule has 0 unspecified atom stereocenters. The average Bonchev–Trinajstić information content (AvgIpc) is 2.28. The molecule has 0 saturated carbocycles. The van der Waals surface area contributed by atoms with Gasteiger partial charge in [-0.05, 0) is 41.5 Å². The summed E-state index contributed by atoms with van der Waals surface area (Å²) in [7, 11) is 0. The Morgan fingerprint density at radius 2 is 1.87 bits per heavy atom. The fraction of sp³-hybridized carbons (Fsp3) is 0.231. The monoisotopic (exact) mass is 202 g/mol. The second-order valence-corrected chi connectivity index (χ2v) is 3.43. The second-order valence-electron chi connectivity index (χ2n) is 3.43. The molecule has 0 heterocycles. The Morgan fingerprint density at radius 3 is 2.60 bits per heavy atom. The highest BCUT2D eigenvalue weighted by atomic mass is 16.5. The van der Waals surface area contributed by atoms with Gasteiger partial charge in [0.05, 0.1) is 13.2 Å². The molecule has 2 heteroatoms. The SMILES string of the molecule is CCOc1ccc2ccc(CO)cc2c1. The van der Waals surface area contributed by atoms with Gasteiger partial charge in [-0.1, -0.05) is 18.2 Å². The van der Waals surface area contributed by atoms with Crippen LogP contribution in [-0.4, -0.2) is 11.7 Å². The molecule has 0 aromatic heterocycles. The topological polar surface area (TPSA) is 29.5 Å². The Balaban J connectivity index is 2.48. The summed E-state index contributed by atoms with van der Waals surface area (Å²) in [6, 6.07) is 11.9. The molecular weight excluding hydrogens is 188 g/mol. The first-order chi connectivity index (χ1) is 7.33. The van der Waals surface area contributed by atoms with Crippen LogP contribution in [-0.2, 0) is 6.61 Å². The van der Waals surface area contributed by atoms with E-state index < -0.39 is 0 Å². The first kappa shape index (κ1) is 9.99. The van der Waals surface area contributed by atoms with Crippen molar-refractivity contribution in [3.8, 4) is 5.75 Å². The van der Waals surface area contributed by atoms with Crippen LogP contribution in [0.2, 0.25) is 0 Å². The molecule has 0 amide bonds. The molecule has 0 atom stereocenters. The van der Waals surface area contributed by atoms with Crippen LogP contribution in [0.3, 0.4) is 0 Å². The van der Waals surface area contributed by atoms with Crippen molar-refractivity contribution < 1.29 is 9.84 Å². The molecule has 78 valence electrons. The number of aliphatic hydroxyl groups excluding tert-OH is 1. The van der Waals surface area contributed by atoms with Gasteiger partial charge in [0.2, 0.25) is 0 Å². The van der Waals surface area contributed by atoms with Gasteiger partial charge in [-0.3, -0.25) is 0 Å². The molecule has 2 aromatic carbocycles. The number of ether oxygens (including phenoxy) is 1. The largest absolute Gasteiger partial charge is 0.494 e. The number of rotatable bonds is 3. The highest BCUT2D eigenvalue weighted by Crippen LogP contribution is 2.22. The van der Waals surface area contributed by atoms with E-state index in [1.807, 2.05) is 43.3 Å². The molecule has 0 aliphatic carbocycles. The maximum Gasteiger partial charge on any atom is 0.119 e. The first-order valence-electron chi connectivity index (χ1n) is 5.10. The second kappa shape index (κ2) is 4.32. The lowest BCUT2D eigenvalue weighted by atomic mass is 10.1. The molecule has 0 fully saturated rings. The van der Waals surface area contributed by atoms with Crippen LogP contribution in [0.25, 0.3) is 10.8 Å². The summed E-state index contributed by atoms with van der Waals surface area (Å²) in [4.78, 5) is 0. The first-order valence-corrected chi connectivity index (χ1v) is 5.10. The van der Waals surface area contributed by atoms with Crippen molar-refractivity contribution in [3.05, 3.63) is 42.0 Å². The van der Waals surface area contributed by atoms with Crippen LogP contribution in [0.5, 0.6) is 5.75 Å². The van der Waals surface area contributed by atoms with Gasteiger partial charge in [0, 0.05) is 0 Å². The van der Waals surface area contributed by atoms with E-state index in [9.17, 15) is 0 Å². The molecule has 0 radical (unpaired) electrons. The third-order valence-corrected chi connectivity index (χ3v) is 2.37. The third-order valence-electron chi connectivity index (χ3n) is 2.37. The number of hydrogen-bond acceptors (Lipinski definition) is 2. The van der Waals surface area contributed by atoms with Gasteiger partial charge >= 0.3 is 0 Å². The Labute approximate surface area is 89.1 Å². The van der Waals surface area contributed by atoms with Crippen molar-refractivity contribution in [1.82, 2.24) is 0 Å². The minimum Gasteiger partial charge on any atom is -0.494 e. The van der Waals surface area contributed by atoms with Crippen LogP contribution in [0, 0.1) is 0 Å². The van der Waals surface area contributed by atoms with E-state index in [0.717, 1.165) is 22.1 Å². The minimum atomic E-state index is 0.0782. The lowest BCUT2D eigenvalue weighted by molar-refractivity contribution is 0.282. The van der Waals surface area contributed by atoms with Gasteiger partial charge in [-0.15, -0.1) is 0 Å². The van der Waals surface area contributed by atoms with Gasteiger partial charge in [-0.25, -0.2) is 0 Å². The normalized spacial score (nSPS) is 10.5. The van der Waals surface area contributed by atoms with E-state index >= 15 is 0 Å². The van der Waals surface area contributed by atoms with Crippen molar-refractivity contribution in [1.29, 1.82) is 0 Å². The zero-order valence-corrected chi connectivity index (χ0v) is 8.73. The highest BCUT2D eigenvalue weighted by molar-refractivity contribution is 5.84. The van der Waals surface area contributed by atoms with Gasteiger partial charge < -0.3 is 9.84 Å². The highest BCUT2D eigenvalue weighted by Gasteiger charge is 1.98. The summed E-state index contributed by atoms with van der Waals surface area (Å²) >= 11 is 0. The molecule has 2 nitrogen and oxygen atoms in total. The summed E-state index contributed by atoms with van der Waals surface area (Å²) in [6.45, 7) is 2.72. The Bertz CT molecular complexity index is 463. The van der Waals surface area contributed by atoms with Gasteiger partial charge in [0.25, 0.3) is 0 Å². The summed E-state index contributed by atoms with van der Waals surface area (Å²) in [6.07, 6.45) is 0. The number of fused-ring (bicyclic) bond motifs is 1. The molecule has 0 saturated heterocycles. The van der Waals surface area contributed by atoms with E-state index in [1.54, 1.807) is 0 Å². The zero-order chi connectivity index (χ0) is 10.7. The smallest absolute Gasteiger partial charge is 0.119 e. The molecule has 2 rings (SSSR count). The molecule has 0 aliphatic heterocycles. The molecule has 2 aromatic rings. The summed E-state index contributed by atoms with van der Waals surface area (Å²) in [5.41, 5.74) is 0.927. The zero-order valence-electron chi connectivity index (χ0n) is 8.73. The van der Waals surface area contributed by atoms with Gasteiger partial charge in [0.15, 0.2) is 0 Å². The minimum absolute atomic E-state index is 0.0782. The van der Waals surface area contributed by atoms with E-state index in [4.69, 9.17) is 9.84 Å². The number of aliphatic hydroxyl groups is 1. The maximum absolute atomic E-state index is 9.04. The standard InChI is InChI=1S/C13H14O2/c1-2-15-13-6-5-11-4-3-10(9-14)7-12(11)8-13/h3-8,14H,2,9H2,1H3. The molecule has 0 bridgehead atoms.